The second-order valence-corrected chi connectivity index (χ2v) is 10.2. The molecule has 8 nitrogen and oxygen atoms in total. The number of anilines is 1. The highest BCUT2D eigenvalue weighted by molar-refractivity contribution is 6.21. The van der Waals surface area contributed by atoms with Crippen LogP contribution in [0.5, 0.6) is 17.4 Å². The van der Waals surface area contributed by atoms with Crippen LogP contribution in [-0.4, -0.2) is 68.0 Å². The maximum Gasteiger partial charge on any atom is 0.258 e. The molecule has 0 atom stereocenters. The molecule has 0 aliphatic carbocycles. The third-order valence-electron chi connectivity index (χ3n) is 7.07. The van der Waals surface area contributed by atoms with E-state index in [-0.39, 0.29) is 11.8 Å². The van der Waals surface area contributed by atoms with E-state index < -0.39 is 5.82 Å². The summed E-state index contributed by atoms with van der Waals surface area (Å²) in [6.07, 6.45) is 0. The fourth-order valence-corrected chi connectivity index (χ4v) is 4.87. The third kappa shape index (κ3) is 6.37. The van der Waals surface area contributed by atoms with E-state index >= 15 is 0 Å². The molecule has 0 aliphatic rings. The van der Waals surface area contributed by atoms with Crippen molar-refractivity contribution in [2.24, 2.45) is 4.99 Å². The van der Waals surface area contributed by atoms with Crippen molar-refractivity contribution in [2.45, 2.75) is 0 Å². The quantitative estimate of drug-likeness (QED) is 0.187. The Bertz CT molecular complexity index is 1770. The Morgan fingerprint density at radius 1 is 0.860 bits per heavy atom. The number of aliphatic imine (C=N–C) groups is 1. The van der Waals surface area contributed by atoms with E-state index in [1.807, 2.05) is 73.6 Å². The van der Waals surface area contributed by atoms with E-state index in [1.54, 1.807) is 36.3 Å². The molecular formula is C34H33FN4O4. The van der Waals surface area contributed by atoms with Crippen molar-refractivity contribution in [3.8, 4) is 17.4 Å². The summed E-state index contributed by atoms with van der Waals surface area (Å²) in [6.45, 7) is 1.11. The maximum absolute atomic E-state index is 13.9. The molecule has 1 amide bonds. The lowest BCUT2D eigenvalue weighted by Crippen LogP contribution is -2.36. The van der Waals surface area contributed by atoms with Crippen molar-refractivity contribution >= 4 is 33.9 Å². The standard InChI is InChI=1S/C34H33FN4O4/c1-38(2)18-19-39(34(41)23-10-17-29(42-3)30(20-23)43-4)26-14-12-25(13-15-26)36-32(22-8-6-5-7-9-22)31-27-16-11-24(35)21-28(27)37-33(31)40/h5-17,20-21,37,40H,18-19H2,1-4H3. The number of H-pyrrole nitrogens is 1. The van der Waals surface area contributed by atoms with Crippen LogP contribution < -0.4 is 14.4 Å². The first-order valence-electron chi connectivity index (χ1n) is 13.7. The number of benzene rings is 4. The molecule has 1 aromatic heterocycles. The molecule has 220 valence electrons. The van der Waals surface area contributed by atoms with Crippen molar-refractivity contribution in [1.29, 1.82) is 0 Å². The normalized spacial score (nSPS) is 11.6. The van der Waals surface area contributed by atoms with E-state index in [0.717, 1.165) is 5.56 Å². The zero-order valence-electron chi connectivity index (χ0n) is 24.5. The Labute approximate surface area is 249 Å². The fraction of sp³-hybridized carbons (Fsp3) is 0.176. The van der Waals surface area contributed by atoms with Crippen LogP contribution in [0.25, 0.3) is 10.9 Å². The van der Waals surface area contributed by atoms with Gasteiger partial charge in [0.05, 0.1) is 36.7 Å². The number of ether oxygens (including phenoxy) is 2. The molecule has 0 bridgehead atoms. The number of nitrogens with one attached hydrogen (secondary N) is 1. The third-order valence-corrected chi connectivity index (χ3v) is 7.07. The predicted molar refractivity (Wildman–Crippen MR) is 168 cm³/mol. The van der Waals surface area contributed by atoms with E-state index in [4.69, 9.17) is 14.5 Å². The zero-order chi connectivity index (χ0) is 30.5. The highest BCUT2D eigenvalue weighted by Crippen LogP contribution is 2.33. The predicted octanol–water partition coefficient (Wildman–Crippen LogP) is 6.41. The smallest absolute Gasteiger partial charge is 0.258 e. The van der Waals surface area contributed by atoms with Crippen molar-refractivity contribution in [1.82, 2.24) is 9.88 Å². The molecular weight excluding hydrogens is 547 g/mol. The number of carbonyl (C=O) groups excluding carboxylic acids is 1. The molecule has 0 aliphatic heterocycles. The first kappa shape index (κ1) is 29.3. The highest BCUT2D eigenvalue weighted by Gasteiger charge is 2.21. The SMILES string of the molecule is COc1ccc(C(=O)N(CCN(C)C)c2ccc(N=C(c3ccccc3)c3c(O)[nH]c4cc(F)ccc34)cc2)cc1OC. The molecule has 9 heteroatoms. The molecule has 0 saturated heterocycles. The van der Waals surface area contributed by atoms with Gasteiger partial charge in [0.2, 0.25) is 0 Å². The van der Waals surface area contributed by atoms with Gasteiger partial charge in [0.1, 0.15) is 5.82 Å². The fourth-order valence-electron chi connectivity index (χ4n) is 4.87. The molecule has 1 heterocycles. The molecule has 0 unspecified atom stereocenters. The summed E-state index contributed by atoms with van der Waals surface area (Å²) in [7, 11) is 7.00. The van der Waals surface area contributed by atoms with Crippen molar-refractivity contribution < 1.29 is 23.8 Å². The molecule has 0 saturated carbocycles. The van der Waals surface area contributed by atoms with Gasteiger partial charge in [-0.25, -0.2) is 9.38 Å². The summed E-state index contributed by atoms with van der Waals surface area (Å²) in [5.41, 5.74) is 4.03. The number of fused-ring (bicyclic) bond motifs is 1. The van der Waals surface area contributed by atoms with E-state index in [9.17, 15) is 14.3 Å². The van der Waals surface area contributed by atoms with Gasteiger partial charge in [-0.2, -0.15) is 0 Å². The van der Waals surface area contributed by atoms with E-state index in [1.165, 1.54) is 19.2 Å². The van der Waals surface area contributed by atoms with Crippen molar-refractivity contribution in [3.63, 3.8) is 0 Å². The number of aromatic nitrogens is 1. The molecule has 43 heavy (non-hydrogen) atoms. The van der Waals surface area contributed by atoms with Crippen molar-refractivity contribution in [2.75, 3.05) is 46.3 Å². The van der Waals surface area contributed by atoms with Crippen LogP contribution in [0, 0.1) is 5.82 Å². The summed E-state index contributed by atoms with van der Waals surface area (Å²) in [5, 5.41) is 11.5. The van der Waals surface area contributed by atoms with Gasteiger partial charge in [-0.1, -0.05) is 30.3 Å². The van der Waals surface area contributed by atoms with Crippen LogP contribution in [-0.2, 0) is 0 Å². The van der Waals surface area contributed by atoms with Crippen molar-refractivity contribution in [3.05, 3.63) is 114 Å². The molecule has 0 fully saturated rings. The molecule has 0 spiro atoms. The lowest BCUT2D eigenvalue weighted by atomic mass is 10.0. The topological polar surface area (TPSA) is 90.4 Å². The van der Waals surface area contributed by atoms with Crippen LogP contribution in [0.15, 0.2) is 96.0 Å². The minimum absolute atomic E-state index is 0.102. The van der Waals surface area contributed by atoms with Gasteiger partial charge in [-0.3, -0.25) is 4.79 Å². The summed E-state index contributed by atoms with van der Waals surface area (Å²) in [4.78, 5) is 25.3. The van der Waals surface area contributed by atoms with Gasteiger partial charge >= 0.3 is 0 Å². The molecule has 4 aromatic carbocycles. The van der Waals surface area contributed by atoms with Gasteiger partial charge in [0.15, 0.2) is 17.4 Å². The molecule has 5 aromatic rings. The summed E-state index contributed by atoms with van der Waals surface area (Å²) < 4.78 is 24.7. The van der Waals surface area contributed by atoms with Crippen LogP contribution in [0.4, 0.5) is 15.8 Å². The number of nitrogens with zero attached hydrogens (tertiary/aromatic N) is 3. The number of methoxy groups -OCH3 is 2. The Kier molecular flexibility index (Phi) is 8.73. The maximum atomic E-state index is 13.9. The summed E-state index contributed by atoms with van der Waals surface area (Å²) >= 11 is 0. The van der Waals surface area contributed by atoms with Gasteiger partial charge in [-0.15, -0.1) is 0 Å². The first-order valence-corrected chi connectivity index (χ1v) is 13.7. The molecule has 2 N–H and O–H groups in total. The van der Waals surface area contributed by atoms with E-state index in [0.29, 0.717) is 63.7 Å². The van der Waals surface area contributed by atoms with Crippen LogP contribution in [0.2, 0.25) is 0 Å². The van der Waals surface area contributed by atoms with Gasteiger partial charge in [0, 0.05) is 35.3 Å². The zero-order valence-corrected chi connectivity index (χ0v) is 24.5. The monoisotopic (exact) mass is 580 g/mol. The highest BCUT2D eigenvalue weighted by atomic mass is 19.1. The lowest BCUT2D eigenvalue weighted by molar-refractivity contribution is 0.0984. The first-order chi connectivity index (χ1) is 20.8. The van der Waals surface area contributed by atoms with E-state index in [2.05, 4.69) is 4.98 Å². The lowest BCUT2D eigenvalue weighted by Gasteiger charge is -2.25. The Balaban J connectivity index is 1.54. The molecule has 0 radical (unpaired) electrons. The number of aromatic amines is 1. The number of hydrogen-bond donors (Lipinski definition) is 2. The number of carbonyl (C=O) groups is 1. The Morgan fingerprint density at radius 2 is 1.58 bits per heavy atom. The molecule has 5 rings (SSSR count). The number of rotatable bonds is 10. The van der Waals surface area contributed by atoms with Crippen LogP contribution in [0.3, 0.4) is 0 Å². The van der Waals surface area contributed by atoms with Crippen LogP contribution >= 0.6 is 0 Å². The average Bonchev–Trinajstić information content (AvgIpc) is 3.34. The van der Waals surface area contributed by atoms with Gasteiger partial charge in [-0.05, 0) is 74.8 Å². The van der Waals surface area contributed by atoms with Gasteiger partial charge < -0.3 is 29.4 Å². The number of amides is 1. The summed E-state index contributed by atoms with van der Waals surface area (Å²) in [6, 6.07) is 26.3. The largest absolute Gasteiger partial charge is 0.494 e. The van der Waals surface area contributed by atoms with Gasteiger partial charge in [0.25, 0.3) is 5.91 Å². The Hall–Kier alpha value is -5.15. The second kappa shape index (κ2) is 12.8. The summed E-state index contributed by atoms with van der Waals surface area (Å²) in [5.74, 6) is 0.328. The second-order valence-electron chi connectivity index (χ2n) is 10.2. The minimum Gasteiger partial charge on any atom is -0.494 e. The van der Waals surface area contributed by atoms with Crippen LogP contribution in [0.1, 0.15) is 21.5 Å². The number of aromatic hydroxyl groups is 1. The Morgan fingerprint density at radius 3 is 2.26 bits per heavy atom. The number of likely N-dealkylation sites (N-methyl/N-ethyl adjacent to an activating group) is 1. The number of hydrogen-bond acceptors (Lipinski definition) is 6. The average molecular weight is 581 g/mol. The number of halogens is 1. The minimum atomic E-state index is -0.407.